The molecule has 0 aliphatic carbocycles. The van der Waals surface area contributed by atoms with E-state index in [4.69, 9.17) is 16.3 Å². The first-order valence-electron chi connectivity index (χ1n) is 12.4. The molecule has 8 heteroatoms. The summed E-state index contributed by atoms with van der Waals surface area (Å²) in [5.41, 5.74) is 6.78. The van der Waals surface area contributed by atoms with E-state index in [9.17, 15) is 9.59 Å². The second kappa shape index (κ2) is 10.2. The highest BCUT2D eigenvalue weighted by Gasteiger charge is 2.33. The van der Waals surface area contributed by atoms with Crippen LogP contribution in [0.2, 0.25) is 5.02 Å². The fourth-order valence-corrected chi connectivity index (χ4v) is 6.15. The zero-order valence-electron chi connectivity index (χ0n) is 21.9. The predicted octanol–water partition coefficient (Wildman–Crippen LogP) is 5.17. The van der Waals surface area contributed by atoms with E-state index in [1.165, 1.54) is 16.9 Å². The number of aryl methyl sites for hydroxylation is 2. The van der Waals surface area contributed by atoms with Crippen molar-refractivity contribution in [1.29, 1.82) is 0 Å². The molecule has 2 aromatic heterocycles. The number of thiazole rings is 1. The van der Waals surface area contributed by atoms with Gasteiger partial charge >= 0.3 is 5.97 Å². The van der Waals surface area contributed by atoms with Gasteiger partial charge < -0.3 is 9.30 Å². The number of halogens is 1. The molecule has 1 aliphatic rings. The molecule has 1 atom stereocenters. The lowest BCUT2D eigenvalue weighted by Crippen LogP contribution is -2.39. The van der Waals surface area contributed by atoms with Crippen molar-refractivity contribution in [2.24, 2.45) is 4.99 Å². The van der Waals surface area contributed by atoms with Crippen LogP contribution in [0.4, 0.5) is 0 Å². The average Bonchev–Trinajstić information content (AvgIpc) is 3.33. The van der Waals surface area contributed by atoms with Gasteiger partial charge in [0.05, 0.1) is 28.5 Å². The van der Waals surface area contributed by atoms with Crippen molar-refractivity contribution in [3.05, 3.63) is 119 Å². The van der Waals surface area contributed by atoms with E-state index < -0.39 is 12.0 Å². The molecule has 0 unspecified atom stereocenters. The molecular weight excluding hydrogens is 518 g/mol. The lowest BCUT2D eigenvalue weighted by atomic mass is 9.96. The van der Waals surface area contributed by atoms with Crippen LogP contribution in [-0.4, -0.2) is 21.7 Å². The second-order valence-corrected chi connectivity index (χ2v) is 10.8. The zero-order valence-corrected chi connectivity index (χ0v) is 23.5. The number of esters is 1. The van der Waals surface area contributed by atoms with Gasteiger partial charge in [-0.3, -0.25) is 9.36 Å². The summed E-state index contributed by atoms with van der Waals surface area (Å²) in [7, 11) is 0. The van der Waals surface area contributed by atoms with Crippen molar-refractivity contribution < 1.29 is 9.53 Å². The van der Waals surface area contributed by atoms with Gasteiger partial charge in [-0.25, -0.2) is 9.79 Å². The molecule has 0 spiro atoms. The summed E-state index contributed by atoms with van der Waals surface area (Å²) >= 11 is 7.46. The minimum absolute atomic E-state index is 0.205. The summed E-state index contributed by atoms with van der Waals surface area (Å²) in [6.45, 7) is 9.95. The van der Waals surface area contributed by atoms with E-state index in [0.29, 0.717) is 25.6 Å². The Morgan fingerprint density at radius 2 is 1.84 bits per heavy atom. The third-order valence-electron chi connectivity index (χ3n) is 6.72. The maximum absolute atomic E-state index is 13.9. The Morgan fingerprint density at radius 1 is 1.11 bits per heavy atom. The molecule has 5 rings (SSSR count). The number of rotatable bonds is 5. The lowest BCUT2D eigenvalue weighted by molar-refractivity contribution is -0.139. The van der Waals surface area contributed by atoms with Crippen LogP contribution < -0.4 is 14.9 Å². The lowest BCUT2D eigenvalue weighted by Gasteiger charge is -2.24. The molecule has 0 bridgehead atoms. The maximum Gasteiger partial charge on any atom is 0.338 e. The first kappa shape index (κ1) is 25.9. The highest BCUT2D eigenvalue weighted by Crippen LogP contribution is 2.31. The molecule has 0 saturated carbocycles. The number of hydrogen-bond donors (Lipinski definition) is 0. The summed E-state index contributed by atoms with van der Waals surface area (Å²) in [4.78, 5) is 32.1. The number of carbonyl (C=O) groups excluding carboxylic acids is 1. The monoisotopic (exact) mass is 545 g/mol. The van der Waals surface area contributed by atoms with Crippen LogP contribution >= 0.6 is 22.9 Å². The summed E-state index contributed by atoms with van der Waals surface area (Å²) in [5, 5.41) is 0.573. The normalized spacial score (nSPS) is 15.4. The standard InChI is InChI=1S/C30H28ClN3O3S/c1-6-37-29(36)26-19(4)32-30-34(27(26)21-10-12-23(31)13-11-21)28(35)25(38-30)16-22-15-18(3)33(20(22)5)24-9-7-8-17(2)14-24/h7-16,27H,6H2,1-5H3/b25-16+/t27-/m1/s1. The first-order valence-corrected chi connectivity index (χ1v) is 13.6. The van der Waals surface area contributed by atoms with Crippen LogP contribution in [0.3, 0.4) is 0 Å². The summed E-state index contributed by atoms with van der Waals surface area (Å²) < 4.78 is 9.69. The molecule has 4 aromatic rings. The molecule has 2 aromatic carbocycles. The van der Waals surface area contributed by atoms with Crippen LogP contribution in [0.1, 0.15) is 48.0 Å². The minimum atomic E-state index is -0.663. The van der Waals surface area contributed by atoms with Crippen molar-refractivity contribution in [2.75, 3.05) is 6.61 Å². The van der Waals surface area contributed by atoms with Gasteiger partial charge in [-0.05, 0) is 87.7 Å². The number of fused-ring (bicyclic) bond motifs is 1. The molecule has 0 amide bonds. The fourth-order valence-electron chi connectivity index (χ4n) is 4.99. The topological polar surface area (TPSA) is 65.6 Å². The van der Waals surface area contributed by atoms with Gasteiger partial charge in [0.1, 0.15) is 0 Å². The maximum atomic E-state index is 13.9. The van der Waals surface area contributed by atoms with Gasteiger partial charge in [0.2, 0.25) is 0 Å². The van der Waals surface area contributed by atoms with E-state index >= 15 is 0 Å². The van der Waals surface area contributed by atoms with Gasteiger partial charge in [-0.1, -0.05) is 47.2 Å². The zero-order chi connectivity index (χ0) is 27.1. The van der Waals surface area contributed by atoms with E-state index in [1.807, 2.05) is 24.3 Å². The summed E-state index contributed by atoms with van der Waals surface area (Å²) in [6.07, 6.45) is 1.92. The van der Waals surface area contributed by atoms with Crippen molar-refractivity contribution in [3.63, 3.8) is 0 Å². The van der Waals surface area contributed by atoms with E-state index in [0.717, 1.165) is 28.2 Å². The highest BCUT2D eigenvalue weighted by atomic mass is 35.5. The van der Waals surface area contributed by atoms with Gasteiger partial charge in [-0.2, -0.15) is 0 Å². The van der Waals surface area contributed by atoms with E-state index in [2.05, 4.69) is 54.6 Å². The van der Waals surface area contributed by atoms with Gasteiger partial charge in [0.25, 0.3) is 5.56 Å². The Balaban J connectivity index is 1.69. The van der Waals surface area contributed by atoms with Crippen LogP contribution in [0.25, 0.3) is 11.8 Å². The SMILES string of the molecule is CCOC(=O)C1=C(C)N=c2s/c(=C/c3cc(C)n(-c4cccc(C)c4)c3C)c(=O)n2[C@@H]1c1ccc(Cl)cc1. The third kappa shape index (κ3) is 4.57. The number of ether oxygens (including phenoxy) is 1. The van der Waals surface area contributed by atoms with Crippen LogP contribution in [0, 0.1) is 20.8 Å². The van der Waals surface area contributed by atoms with Crippen molar-refractivity contribution in [2.45, 2.75) is 40.7 Å². The molecule has 0 fully saturated rings. The molecule has 0 radical (unpaired) electrons. The van der Waals surface area contributed by atoms with Crippen molar-refractivity contribution >= 4 is 35.0 Å². The Hall–Kier alpha value is -3.68. The average molecular weight is 546 g/mol. The number of aromatic nitrogens is 2. The predicted molar refractivity (Wildman–Crippen MR) is 152 cm³/mol. The van der Waals surface area contributed by atoms with Gasteiger partial charge in [-0.15, -0.1) is 0 Å². The summed E-state index contributed by atoms with van der Waals surface area (Å²) in [6, 6.07) is 16.9. The molecule has 194 valence electrons. The van der Waals surface area contributed by atoms with Gasteiger partial charge in [0.15, 0.2) is 4.80 Å². The molecule has 0 saturated heterocycles. The first-order chi connectivity index (χ1) is 18.2. The van der Waals surface area contributed by atoms with Gasteiger partial charge in [0, 0.05) is 22.1 Å². The number of hydrogen-bond acceptors (Lipinski definition) is 5. The minimum Gasteiger partial charge on any atom is -0.463 e. The molecule has 3 heterocycles. The smallest absolute Gasteiger partial charge is 0.338 e. The number of carbonyl (C=O) groups is 1. The third-order valence-corrected chi connectivity index (χ3v) is 7.95. The van der Waals surface area contributed by atoms with Crippen molar-refractivity contribution in [1.82, 2.24) is 9.13 Å². The molecular formula is C30H28ClN3O3S. The Bertz CT molecular complexity index is 1770. The quantitative estimate of drug-likeness (QED) is 0.325. The fraction of sp³-hybridized carbons (Fsp3) is 0.233. The molecule has 6 nitrogen and oxygen atoms in total. The summed E-state index contributed by atoms with van der Waals surface area (Å²) in [5.74, 6) is -0.482. The van der Waals surface area contributed by atoms with Crippen LogP contribution in [0.5, 0.6) is 0 Å². The number of benzene rings is 2. The van der Waals surface area contributed by atoms with E-state index in [-0.39, 0.29) is 12.2 Å². The Morgan fingerprint density at radius 3 is 2.53 bits per heavy atom. The number of nitrogens with zero attached hydrogens (tertiary/aromatic N) is 3. The van der Waals surface area contributed by atoms with E-state index in [1.54, 1.807) is 30.5 Å². The molecule has 38 heavy (non-hydrogen) atoms. The molecule has 0 N–H and O–H groups in total. The largest absolute Gasteiger partial charge is 0.463 e. The van der Waals surface area contributed by atoms with Crippen molar-refractivity contribution in [3.8, 4) is 5.69 Å². The van der Waals surface area contributed by atoms with Crippen LogP contribution in [-0.2, 0) is 9.53 Å². The Kier molecular flexibility index (Phi) is 6.99. The highest BCUT2D eigenvalue weighted by molar-refractivity contribution is 7.07. The Labute approximate surface area is 229 Å². The van der Waals surface area contributed by atoms with Crippen LogP contribution in [0.15, 0.2) is 75.7 Å². The molecule has 1 aliphatic heterocycles. The second-order valence-electron chi connectivity index (χ2n) is 9.35. The number of allylic oxidation sites excluding steroid dienone is 1.